The highest BCUT2D eigenvalue weighted by Gasteiger charge is 2.31. The van der Waals surface area contributed by atoms with Crippen molar-refractivity contribution in [3.05, 3.63) is 64.3 Å². The van der Waals surface area contributed by atoms with Gasteiger partial charge < -0.3 is 24.3 Å². The Morgan fingerprint density at radius 3 is 2.60 bits per heavy atom. The second-order valence-corrected chi connectivity index (χ2v) is 9.70. The number of ether oxygens (including phenoxy) is 2. The van der Waals surface area contributed by atoms with Crippen LogP contribution < -0.4 is 4.74 Å². The lowest BCUT2D eigenvalue weighted by Gasteiger charge is -2.33. The van der Waals surface area contributed by atoms with Gasteiger partial charge in [0.25, 0.3) is 0 Å². The molecule has 1 fully saturated rings. The van der Waals surface area contributed by atoms with E-state index in [9.17, 15) is 4.79 Å². The summed E-state index contributed by atoms with van der Waals surface area (Å²) in [6.07, 6.45) is 5.38. The maximum Gasteiger partial charge on any atom is 0.210 e. The highest BCUT2D eigenvalue weighted by atomic mass is 35.5. The normalized spacial score (nSPS) is 19.8. The van der Waals surface area contributed by atoms with Gasteiger partial charge in [0.05, 0.1) is 12.6 Å². The van der Waals surface area contributed by atoms with Crippen LogP contribution in [0.15, 0.2) is 42.5 Å². The van der Waals surface area contributed by atoms with Crippen LogP contribution in [0, 0.1) is 0 Å². The van der Waals surface area contributed by atoms with Crippen LogP contribution in [0.25, 0.3) is 10.9 Å². The SMILES string of the molecule is CCOC.CN1CCCC1CCOc1ccc(C2c3[nH]c4ccc(Cl)cc4c3CCN2C=O)cc1. The number of amides is 1. The van der Waals surface area contributed by atoms with Gasteiger partial charge in [0.2, 0.25) is 6.41 Å². The maximum absolute atomic E-state index is 11.8. The van der Waals surface area contributed by atoms with Gasteiger partial charge in [-0.05, 0) is 87.7 Å². The minimum Gasteiger partial charge on any atom is -0.494 e. The first-order valence-electron chi connectivity index (χ1n) is 12.5. The molecule has 3 heterocycles. The molecular formula is C28H36ClN3O3. The van der Waals surface area contributed by atoms with E-state index in [2.05, 4.69) is 33.8 Å². The number of hydrogen-bond acceptors (Lipinski definition) is 4. The number of halogens is 1. The molecule has 0 aliphatic carbocycles. The average molecular weight is 498 g/mol. The van der Waals surface area contributed by atoms with Crippen LogP contribution in [0.5, 0.6) is 5.75 Å². The van der Waals surface area contributed by atoms with E-state index >= 15 is 0 Å². The van der Waals surface area contributed by atoms with Crippen LogP contribution in [0.2, 0.25) is 5.02 Å². The van der Waals surface area contributed by atoms with Crippen molar-refractivity contribution < 1.29 is 14.3 Å². The zero-order valence-electron chi connectivity index (χ0n) is 20.9. The summed E-state index contributed by atoms with van der Waals surface area (Å²) in [5.74, 6) is 0.876. The number of methoxy groups -OCH3 is 1. The summed E-state index contributed by atoms with van der Waals surface area (Å²) < 4.78 is 10.6. The molecule has 2 atom stereocenters. The number of fused-ring (bicyclic) bond motifs is 3. The number of nitrogens with one attached hydrogen (secondary N) is 1. The number of nitrogens with zero attached hydrogens (tertiary/aromatic N) is 2. The molecule has 0 radical (unpaired) electrons. The molecule has 6 nitrogen and oxygen atoms in total. The third-order valence-corrected chi connectivity index (χ3v) is 7.37. The summed E-state index contributed by atoms with van der Waals surface area (Å²) in [7, 11) is 3.88. The molecule has 1 N–H and O–H groups in total. The van der Waals surface area contributed by atoms with Gasteiger partial charge in [0.1, 0.15) is 5.75 Å². The molecule has 2 unspecified atom stereocenters. The number of carbonyl (C=O) groups excluding carboxylic acids is 1. The summed E-state index contributed by atoms with van der Waals surface area (Å²) in [6, 6.07) is 14.6. The second-order valence-electron chi connectivity index (χ2n) is 9.26. The average Bonchev–Trinajstić information content (AvgIpc) is 3.46. The van der Waals surface area contributed by atoms with Crippen molar-refractivity contribution in [2.75, 3.05) is 40.5 Å². The van der Waals surface area contributed by atoms with Crippen LogP contribution >= 0.6 is 11.6 Å². The molecule has 0 bridgehead atoms. The van der Waals surface area contributed by atoms with E-state index in [1.54, 1.807) is 7.11 Å². The fraction of sp³-hybridized carbons (Fsp3) is 0.464. The van der Waals surface area contributed by atoms with Crippen molar-refractivity contribution >= 4 is 28.9 Å². The molecule has 2 aliphatic rings. The topological polar surface area (TPSA) is 57.8 Å². The second kappa shape index (κ2) is 11.9. The minimum atomic E-state index is -0.131. The van der Waals surface area contributed by atoms with Gasteiger partial charge in [-0.15, -0.1) is 0 Å². The lowest BCUT2D eigenvalue weighted by Crippen LogP contribution is -2.34. The van der Waals surface area contributed by atoms with Crippen molar-refractivity contribution in [1.82, 2.24) is 14.8 Å². The van der Waals surface area contributed by atoms with Crippen molar-refractivity contribution in [3.8, 4) is 5.75 Å². The first-order chi connectivity index (χ1) is 17.0. The van der Waals surface area contributed by atoms with Gasteiger partial charge in [-0.2, -0.15) is 0 Å². The van der Waals surface area contributed by atoms with E-state index in [-0.39, 0.29) is 6.04 Å². The number of carbonyl (C=O) groups is 1. The van der Waals surface area contributed by atoms with Crippen molar-refractivity contribution in [1.29, 1.82) is 0 Å². The number of likely N-dealkylation sites (tertiary alicyclic amines) is 1. The number of aromatic amines is 1. The van der Waals surface area contributed by atoms with Gasteiger partial charge in [-0.25, -0.2) is 0 Å². The highest BCUT2D eigenvalue weighted by molar-refractivity contribution is 6.31. The Morgan fingerprint density at radius 2 is 1.94 bits per heavy atom. The van der Waals surface area contributed by atoms with Crippen molar-refractivity contribution in [2.45, 2.75) is 44.7 Å². The zero-order valence-corrected chi connectivity index (χ0v) is 21.7. The fourth-order valence-electron chi connectivity index (χ4n) is 5.15. The van der Waals surface area contributed by atoms with Gasteiger partial charge in [0, 0.05) is 47.9 Å². The molecule has 5 rings (SSSR count). The van der Waals surface area contributed by atoms with E-state index in [1.165, 1.54) is 24.9 Å². The smallest absolute Gasteiger partial charge is 0.210 e. The maximum atomic E-state index is 11.8. The van der Waals surface area contributed by atoms with Gasteiger partial charge >= 0.3 is 0 Å². The number of rotatable bonds is 7. The Morgan fingerprint density at radius 1 is 1.17 bits per heavy atom. The molecule has 35 heavy (non-hydrogen) atoms. The Hall–Kier alpha value is -2.54. The van der Waals surface area contributed by atoms with Crippen molar-refractivity contribution in [3.63, 3.8) is 0 Å². The summed E-state index contributed by atoms with van der Waals surface area (Å²) in [5, 5.41) is 1.88. The number of aromatic nitrogens is 1. The molecule has 3 aromatic rings. The van der Waals surface area contributed by atoms with Crippen LogP contribution in [0.3, 0.4) is 0 Å². The predicted octanol–water partition coefficient (Wildman–Crippen LogP) is 5.44. The Labute approximate surface area is 213 Å². The molecule has 0 spiro atoms. The lowest BCUT2D eigenvalue weighted by molar-refractivity contribution is -0.120. The van der Waals surface area contributed by atoms with E-state index in [0.29, 0.717) is 12.6 Å². The minimum absolute atomic E-state index is 0.131. The predicted molar refractivity (Wildman–Crippen MR) is 141 cm³/mol. The van der Waals surface area contributed by atoms with E-state index in [4.69, 9.17) is 16.3 Å². The molecule has 1 saturated heterocycles. The van der Waals surface area contributed by atoms with Crippen LogP contribution in [0.4, 0.5) is 0 Å². The summed E-state index contributed by atoms with van der Waals surface area (Å²) in [4.78, 5) is 19.7. The summed E-state index contributed by atoms with van der Waals surface area (Å²) >= 11 is 6.24. The number of benzene rings is 2. The first-order valence-corrected chi connectivity index (χ1v) is 12.9. The summed E-state index contributed by atoms with van der Waals surface area (Å²) in [6.45, 7) is 5.38. The zero-order chi connectivity index (χ0) is 24.8. The fourth-order valence-corrected chi connectivity index (χ4v) is 5.33. The first kappa shape index (κ1) is 25.5. The Bertz CT molecular complexity index is 1110. The van der Waals surface area contributed by atoms with Gasteiger partial charge in [-0.3, -0.25) is 4.79 Å². The number of hydrogen-bond donors (Lipinski definition) is 1. The van der Waals surface area contributed by atoms with E-state index < -0.39 is 0 Å². The van der Waals surface area contributed by atoms with Crippen molar-refractivity contribution in [2.24, 2.45) is 0 Å². The molecule has 7 heteroatoms. The third-order valence-electron chi connectivity index (χ3n) is 7.14. The van der Waals surface area contributed by atoms with Crippen LogP contribution in [-0.4, -0.2) is 67.7 Å². The molecule has 0 saturated carbocycles. The molecular weight excluding hydrogens is 462 g/mol. The van der Waals surface area contributed by atoms with E-state index in [1.807, 2.05) is 42.2 Å². The highest BCUT2D eigenvalue weighted by Crippen LogP contribution is 2.38. The largest absolute Gasteiger partial charge is 0.494 e. The monoisotopic (exact) mass is 497 g/mol. The Balaban J connectivity index is 0.000000672. The summed E-state index contributed by atoms with van der Waals surface area (Å²) in [5.41, 5.74) is 4.47. The lowest BCUT2D eigenvalue weighted by atomic mass is 9.93. The van der Waals surface area contributed by atoms with E-state index in [0.717, 1.165) is 65.4 Å². The van der Waals surface area contributed by atoms with Crippen LogP contribution in [-0.2, 0) is 16.0 Å². The van der Waals surface area contributed by atoms with Crippen LogP contribution in [0.1, 0.15) is 49.0 Å². The molecule has 2 aromatic carbocycles. The number of H-pyrrole nitrogens is 1. The third kappa shape index (κ3) is 5.83. The van der Waals surface area contributed by atoms with Gasteiger partial charge in [0.15, 0.2) is 0 Å². The quantitative estimate of drug-likeness (QED) is 0.441. The molecule has 2 aliphatic heterocycles. The molecule has 1 amide bonds. The standard InChI is InChI=1S/C25H28ClN3O2.C3H8O/c1-28-12-2-3-19(28)11-14-31-20-7-4-17(5-8-20)25-24-21(10-13-29(25)16-30)22-15-18(26)6-9-23(22)27-24;1-3-4-2/h4-9,15-16,19,25,27H,2-3,10-14H2,1H3;3H2,1-2H3. The Kier molecular flexibility index (Phi) is 8.71. The molecule has 1 aromatic heterocycles. The molecule has 188 valence electrons. The van der Waals surface area contributed by atoms with Gasteiger partial charge in [-0.1, -0.05) is 23.7 Å².